The summed E-state index contributed by atoms with van der Waals surface area (Å²) in [5.74, 6) is -0.414. The van der Waals surface area contributed by atoms with Crippen LogP contribution in [0.2, 0.25) is 10.0 Å². The highest BCUT2D eigenvalue weighted by molar-refractivity contribution is 7.11. The van der Waals surface area contributed by atoms with Crippen molar-refractivity contribution in [1.29, 1.82) is 0 Å². The fourth-order valence-corrected chi connectivity index (χ4v) is 3.42. The van der Waals surface area contributed by atoms with Crippen LogP contribution < -0.4 is 10.4 Å². The van der Waals surface area contributed by atoms with Gasteiger partial charge in [0.2, 0.25) is 0 Å². The highest BCUT2D eigenvalue weighted by atomic mass is 35.5. The molecule has 2 aromatic heterocycles. The zero-order valence-electron chi connectivity index (χ0n) is 13.7. The molecule has 0 radical (unpaired) electrons. The summed E-state index contributed by atoms with van der Waals surface area (Å²) in [6.07, 6.45) is 1.43. The maximum absolute atomic E-state index is 13.9. The van der Waals surface area contributed by atoms with Crippen LogP contribution in [0.15, 0.2) is 39.0 Å². The average Bonchev–Trinajstić information content (AvgIpc) is 2.89. The fourth-order valence-electron chi connectivity index (χ4n) is 2.34. The standard InChI is InChI=1S/C16H11Cl2FN4O3S/c1-7(12-14(24)21-16(26)27-15(12)25)20-13-10(18)6-23(22-13)5-8-9(17)3-2-4-11(8)19/h2-4,6,25H,5H2,1H3,(H,21,24,26). The van der Waals surface area contributed by atoms with E-state index in [1.165, 1.54) is 29.9 Å². The maximum atomic E-state index is 13.9. The third kappa shape index (κ3) is 4.10. The maximum Gasteiger partial charge on any atom is 0.310 e. The number of aliphatic imine (C=N–C) groups is 1. The Labute approximate surface area is 165 Å². The zero-order chi connectivity index (χ0) is 19.7. The first-order chi connectivity index (χ1) is 12.8. The first-order valence-electron chi connectivity index (χ1n) is 7.44. The molecule has 0 bridgehead atoms. The Balaban J connectivity index is 1.97. The first kappa shape index (κ1) is 19.3. The van der Waals surface area contributed by atoms with Crippen molar-refractivity contribution in [3.63, 3.8) is 0 Å². The lowest BCUT2D eigenvalue weighted by Crippen LogP contribution is -2.22. The number of aromatic nitrogens is 3. The number of aromatic hydroxyl groups is 1. The molecular formula is C16H11Cl2FN4O3S. The molecule has 140 valence electrons. The van der Waals surface area contributed by atoms with Crippen LogP contribution >= 0.6 is 34.5 Å². The zero-order valence-corrected chi connectivity index (χ0v) is 16.0. The Kier molecular flexibility index (Phi) is 5.45. The topological polar surface area (TPSA) is 100 Å². The number of benzene rings is 1. The van der Waals surface area contributed by atoms with Crippen LogP contribution in [0.25, 0.3) is 0 Å². The summed E-state index contributed by atoms with van der Waals surface area (Å²) < 4.78 is 15.3. The third-order valence-electron chi connectivity index (χ3n) is 3.56. The summed E-state index contributed by atoms with van der Waals surface area (Å²) in [4.78, 5) is 28.6. The molecule has 7 nitrogen and oxygen atoms in total. The van der Waals surface area contributed by atoms with Gasteiger partial charge in [0.25, 0.3) is 5.56 Å². The molecule has 0 aliphatic heterocycles. The second-order valence-corrected chi connectivity index (χ2v) is 7.20. The van der Waals surface area contributed by atoms with E-state index < -0.39 is 21.3 Å². The van der Waals surface area contributed by atoms with Crippen molar-refractivity contribution in [2.45, 2.75) is 13.5 Å². The molecule has 0 aliphatic rings. The van der Waals surface area contributed by atoms with Gasteiger partial charge in [0.1, 0.15) is 16.4 Å². The quantitative estimate of drug-likeness (QED) is 0.622. The van der Waals surface area contributed by atoms with E-state index in [1.54, 1.807) is 6.07 Å². The van der Waals surface area contributed by atoms with E-state index in [4.69, 9.17) is 23.2 Å². The minimum absolute atomic E-state index is 0.0264. The van der Waals surface area contributed by atoms with Gasteiger partial charge in [-0.1, -0.05) is 29.3 Å². The summed E-state index contributed by atoms with van der Waals surface area (Å²) in [6, 6.07) is 4.34. The Morgan fingerprint density at radius 2 is 2.11 bits per heavy atom. The van der Waals surface area contributed by atoms with Gasteiger partial charge >= 0.3 is 4.87 Å². The predicted molar refractivity (Wildman–Crippen MR) is 102 cm³/mol. The number of halogens is 3. The van der Waals surface area contributed by atoms with Gasteiger partial charge in [-0.3, -0.25) is 19.3 Å². The summed E-state index contributed by atoms with van der Waals surface area (Å²) in [5, 5.41) is 13.9. The summed E-state index contributed by atoms with van der Waals surface area (Å²) in [5.41, 5.74) is -0.567. The molecule has 1 aromatic carbocycles. The molecule has 0 spiro atoms. The smallest absolute Gasteiger partial charge is 0.310 e. The molecule has 0 atom stereocenters. The Morgan fingerprint density at radius 3 is 2.78 bits per heavy atom. The van der Waals surface area contributed by atoms with E-state index in [9.17, 15) is 19.1 Å². The van der Waals surface area contributed by atoms with Gasteiger partial charge in [0, 0.05) is 16.8 Å². The van der Waals surface area contributed by atoms with Crippen LogP contribution in [0.5, 0.6) is 5.06 Å². The Bertz CT molecular complexity index is 1150. The minimum atomic E-state index is -0.772. The van der Waals surface area contributed by atoms with E-state index in [-0.39, 0.29) is 39.2 Å². The van der Waals surface area contributed by atoms with Crippen LogP contribution in [-0.4, -0.2) is 25.6 Å². The summed E-state index contributed by atoms with van der Waals surface area (Å²) >= 11 is 12.6. The van der Waals surface area contributed by atoms with Gasteiger partial charge < -0.3 is 5.11 Å². The SMILES string of the molecule is CC(=Nc1nn(Cc2c(F)cccc2Cl)cc1Cl)c1c(O)sc(=O)[nH]c1=O. The molecule has 11 heteroatoms. The first-order valence-corrected chi connectivity index (χ1v) is 9.01. The second-order valence-electron chi connectivity index (χ2n) is 5.42. The van der Waals surface area contributed by atoms with Crippen molar-refractivity contribution in [1.82, 2.24) is 14.8 Å². The van der Waals surface area contributed by atoms with Crippen molar-refractivity contribution in [2.75, 3.05) is 0 Å². The van der Waals surface area contributed by atoms with E-state index in [1.807, 2.05) is 0 Å². The molecule has 2 heterocycles. The molecule has 0 fully saturated rings. The lowest BCUT2D eigenvalue weighted by molar-refractivity contribution is 0.487. The third-order valence-corrected chi connectivity index (χ3v) is 4.87. The molecule has 3 rings (SSSR count). The van der Waals surface area contributed by atoms with Crippen LogP contribution in [-0.2, 0) is 6.54 Å². The molecule has 0 aliphatic carbocycles. The van der Waals surface area contributed by atoms with Gasteiger partial charge in [-0.2, -0.15) is 5.10 Å². The van der Waals surface area contributed by atoms with Crippen molar-refractivity contribution in [3.05, 3.63) is 71.4 Å². The number of H-pyrrole nitrogens is 1. The number of hydrogen-bond acceptors (Lipinski definition) is 6. The number of nitrogens with one attached hydrogen (secondary N) is 1. The van der Waals surface area contributed by atoms with Crippen LogP contribution in [0, 0.1) is 5.82 Å². The van der Waals surface area contributed by atoms with Crippen LogP contribution in [0.1, 0.15) is 18.1 Å². The monoisotopic (exact) mass is 428 g/mol. The van der Waals surface area contributed by atoms with Crippen LogP contribution in [0.4, 0.5) is 10.2 Å². The van der Waals surface area contributed by atoms with E-state index >= 15 is 0 Å². The average molecular weight is 429 g/mol. The highest BCUT2D eigenvalue weighted by Crippen LogP contribution is 2.26. The molecule has 0 unspecified atom stereocenters. The molecular weight excluding hydrogens is 418 g/mol. The van der Waals surface area contributed by atoms with Gasteiger partial charge in [-0.15, -0.1) is 0 Å². The second kappa shape index (κ2) is 7.63. The van der Waals surface area contributed by atoms with Gasteiger partial charge in [0.15, 0.2) is 10.9 Å². The Hall–Kier alpha value is -2.49. The molecule has 27 heavy (non-hydrogen) atoms. The molecule has 0 saturated heterocycles. The van der Waals surface area contributed by atoms with Crippen molar-refractivity contribution in [3.8, 4) is 5.06 Å². The predicted octanol–water partition coefficient (Wildman–Crippen LogP) is 3.33. The molecule has 3 aromatic rings. The Morgan fingerprint density at radius 1 is 1.37 bits per heavy atom. The molecule has 0 saturated carbocycles. The van der Waals surface area contributed by atoms with Gasteiger partial charge in [-0.25, -0.2) is 9.38 Å². The number of hydrogen-bond donors (Lipinski definition) is 2. The van der Waals surface area contributed by atoms with E-state index in [0.717, 1.165) is 0 Å². The number of rotatable bonds is 4. The van der Waals surface area contributed by atoms with Gasteiger partial charge in [0.05, 0.1) is 12.3 Å². The normalized spacial score (nSPS) is 11.8. The minimum Gasteiger partial charge on any atom is -0.499 e. The highest BCUT2D eigenvalue weighted by Gasteiger charge is 2.15. The summed E-state index contributed by atoms with van der Waals surface area (Å²) in [6.45, 7) is 1.49. The number of nitrogens with zero attached hydrogens (tertiary/aromatic N) is 3. The largest absolute Gasteiger partial charge is 0.499 e. The lowest BCUT2D eigenvalue weighted by atomic mass is 10.2. The van der Waals surface area contributed by atoms with E-state index in [0.29, 0.717) is 11.3 Å². The molecule has 0 amide bonds. The number of aromatic amines is 1. The van der Waals surface area contributed by atoms with Crippen molar-refractivity contribution in [2.24, 2.45) is 4.99 Å². The van der Waals surface area contributed by atoms with E-state index in [2.05, 4.69) is 15.1 Å². The van der Waals surface area contributed by atoms with Gasteiger partial charge in [-0.05, 0) is 30.4 Å². The van der Waals surface area contributed by atoms with Crippen LogP contribution in [0.3, 0.4) is 0 Å². The lowest BCUT2D eigenvalue weighted by Gasteiger charge is -2.05. The molecule has 2 N–H and O–H groups in total. The van der Waals surface area contributed by atoms with Crippen molar-refractivity contribution < 1.29 is 9.50 Å². The van der Waals surface area contributed by atoms with Crippen molar-refractivity contribution >= 4 is 46.1 Å². The summed E-state index contributed by atoms with van der Waals surface area (Å²) in [7, 11) is 0. The fraction of sp³-hybridized carbons (Fsp3) is 0.125.